The van der Waals surface area contributed by atoms with Gasteiger partial charge in [-0.25, -0.2) is 9.78 Å². The lowest BCUT2D eigenvalue weighted by molar-refractivity contribution is -0.247. The van der Waals surface area contributed by atoms with Crippen molar-refractivity contribution in [3.63, 3.8) is 0 Å². The number of carbonyl (C=O) groups excluding carboxylic acids is 2. The summed E-state index contributed by atoms with van der Waals surface area (Å²) in [6.07, 6.45) is 9.90. The number of allylic oxidation sites excluding steroid dienone is 2. The summed E-state index contributed by atoms with van der Waals surface area (Å²) in [5.41, 5.74) is 1.30. The van der Waals surface area contributed by atoms with Crippen molar-refractivity contribution in [2.24, 2.45) is 5.92 Å². The van der Waals surface area contributed by atoms with E-state index >= 15 is 0 Å². The number of hydrogen-bond acceptors (Lipinski definition) is 10. The fraction of sp³-hybridized carbons (Fsp3) is 0.513. The third-order valence-corrected chi connectivity index (χ3v) is 13.4. The second-order valence-corrected chi connectivity index (χ2v) is 18.6. The molecule has 2 aromatic carbocycles. The molecule has 0 saturated carbocycles. The quantitative estimate of drug-likeness (QED) is 0.0728. The maximum absolute atomic E-state index is 12.6. The van der Waals surface area contributed by atoms with Crippen LogP contribution >= 0.6 is 0 Å². The molecule has 0 radical (unpaired) electrons. The van der Waals surface area contributed by atoms with Crippen LogP contribution in [0.2, 0.25) is 18.1 Å². The first kappa shape index (κ1) is 39.6. The number of rotatable bonds is 18. The molecular weight excluding hydrogens is 669 g/mol. The molecule has 278 valence electrons. The van der Waals surface area contributed by atoms with Gasteiger partial charge in [-0.2, -0.15) is 0 Å². The van der Waals surface area contributed by atoms with E-state index in [1.165, 1.54) is 0 Å². The number of para-hydroxylation sites is 1. The zero-order chi connectivity index (χ0) is 36.9. The van der Waals surface area contributed by atoms with Crippen molar-refractivity contribution in [3.05, 3.63) is 84.5 Å². The van der Waals surface area contributed by atoms with Gasteiger partial charge in [0.15, 0.2) is 17.8 Å². The normalized spacial score (nSPS) is 18.0. The fourth-order valence-corrected chi connectivity index (χ4v) is 6.26. The highest BCUT2D eigenvalue weighted by molar-refractivity contribution is 6.74. The topological polar surface area (TPSA) is 117 Å². The number of benzene rings is 2. The molecule has 0 bridgehead atoms. The predicted octanol–water partition coefficient (Wildman–Crippen LogP) is 7.92. The molecule has 0 spiro atoms. The van der Waals surface area contributed by atoms with Gasteiger partial charge in [-0.15, -0.1) is 0 Å². The minimum atomic E-state index is -2.17. The first-order chi connectivity index (χ1) is 24.4. The molecule has 0 amide bonds. The van der Waals surface area contributed by atoms with E-state index in [1.54, 1.807) is 44.6 Å². The maximum Gasteiger partial charge on any atom is 0.338 e. The molecule has 0 unspecified atom stereocenters. The molecule has 1 aliphatic rings. The Hall–Kier alpha value is -4.13. The van der Waals surface area contributed by atoms with Crippen LogP contribution < -0.4 is 13.9 Å². The van der Waals surface area contributed by atoms with E-state index < -0.39 is 20.6 Å². The van der Waals surface area contributed by atoms with Crippen LogP contribution in [0.3, 0.4) is 0 Å². The molecule has 4 rings (SSSR count). The molecule has 3 aromatic rings. The third kappa shape index (κ3) is 11.7. The van der Waals surface area contributed by atoms with E-state index in [2.05, 4.69) is 51.0 Å². The Kier molecular flexibility index (Phi) is 14.7. The van der Waals surface area contributed by atoms with Gasteiger partial charge in [0, 0.05) is 30.3 Å². The van der Waals surface area contributed by atoms with Crippen LogP contribution in [-0.2, 0) is 30.3 Å². The lowest BCUT2D eigenvalue weighted by atomic mass is 9.91. The fourth-order valence-electron chi connectivity index (χ4n) is 5.22. The van der Waals surface area contributed by atoms with Crippen molar-refractivity contribution in [1.29, 1.82) is 0 Å². The van der Waals surface area contributed by atoms with Gasteiger partial charge >= 0.3 is 11.9 Å². The molecule has 2 heterocycles. The van der Waals surface area contributed by atoms with E-state index in [0.29, 0.717) is 62.7 Å². The molecule has 0 N–H and O–H groups in total. The van der Waals surface area contributed by atoms with Crippen LogP contribution in [0.5, 0.6) is 17.2 Å². The van der Waals surface area contributed by atoms with Crippen molar-refractivity contribution in [2.75, 3.05) is 33.0 Å². The number of esters is 2. The number of carbonyl (C=O) groups is 2. The van der Waals surface area contributed by atoms with Gasteiger partial charge in [-0.1, -0.05) is 51.1 Å². The summed E-state index contributed by atoms with van der Waals surface area (Å²) in [7, 11) is -2.17. The standard InChI is InChI=1S/C39H54N2O9Si/c1-8-44-35(42)18-12-10-11-15-30-26-48-36(49-37(30)31-16-13-14-17-32(31)50-51(6,7)39(3,4)5)27-47-34-25-29(38(43)45-9-2)19-20-33(34)46-24-23-41-22-21-40-28-41/h10-11,13-14,16-17,19-22,25,28,30,36-37H,8-9,12,15,18,23-24,26-27H2,1-7H3/b11-10-/t30-,36+,37+/m1/s1. The van der Waals surface area contributed by atoms with Crippen molar-refractivity contribution < 1.29 is 42.4 Å². The molecule has 1 aromatic heterocycles. The molecule has 1 saturated heterocycles. The molecule has 51 heavy (non-hydrogen) atoms. The van der Waals surface area contributed by atoms with Crippen molar-refractivity contribution in [2.45, 2.75) is 91.0 Å². The summed E-state index contributed by atoms with van der Waals surface area (Å²) in [5, 5.41) is 0.00468. The average Bonchev–Trinajstić information content (AvgIpc) is 3.61. The average molecular weight is 723 g/mol. The minimum absolute atomic E-state index is 0.00468. The largest absolute Gasteiger partial charge is 0.543 e. The van der Waals surface area contributed by atoms with Crippen LogP contribution in [0.4, 0.5) is 0 Å². The first-order valence-electron chi connectivity index (χ1n) is 17.8. The smallest absolute Gasteiger partial charge is 0.338 e. The monoisotopic (exact) mass is 722 g/mol. The van der Waals surface area contributed by atoms with E-state index in [-0.39, 0.29) is 36.2 Å². The van der Waals surface area contributed by atoms with E-state index in [4.69, 9.17) is 32.8 Å². The van der Waals surface area contributed by atoms with Gasteiger partial charge in [0.1, 0.15) is 19.0 Å². The van der Waals surface area contributed by atoms with Crippen molar-refractivity contribution in [3.8, 4) is 17.2 Å². The molecule has 3 atom stereocenters. The Labute approximate surface area is 303 Å². The van der Waals surface area contributed by atoms with Gasteiger partial charge in [0.2, 0.25) is 8.32 Å². The number of hydrogen-bond donors (Lipinski definition) is 0. The molecule has 1 aliphatic heterocycles. The Morgan fingerprint density at radius 3 is 2.51 bits per heavy atom. The molecular formula is C39H54N2O9Si. The van der Waals surface area contributed by atoms with E-state index in [0.717, 1.165) is 11.3 Å². The Balaban J connectivity index is 1.53. The second-order valence-electron chi connectivity index (χ2n) is 13.9. The molecule has 12 heteroatoms. The number of imidazole rings is 1. The van der Waals surface area contributed by atoms with Crippen LogP contribution in [0.25, 0.3) is 0 Å². The minimum Gasteiger partial charge on any atom is -0.543 e. The van der Waals surface area contributed by atoms with Gasteiger partial charge in [-0.05, 0) is 69.1 Å². The predicted molar refractivity (Wildman–Crippen MR) is 197 cm³/mol. The van der Waals surface area contributed by atoms with Crippen LogP contribution in [-0.4, -0.2) is 69.1 Å². The number of ether oxygens (including phenoxy) is 6. The Bertz CT molecular complexity index is 1570. The highest BCUT2D eigenvalue weighted by Gasteiger charge is 2.41. The van der Waals surface area contributed by atoms with Crippen LogP contribution in [0.15, 0.2) is 73.3 Å². The summed E-state index contributed by atoms with van der Waals surface area (Å²) >= 11 is 0. The van der Waals surface area contributed by atoms with Crippen molar-refractivity contribution >= 4 is 20.3 Å². The lowest BCUT2D eigenvalue weighted by Gasteiger charge is -2.40. The zero-order valence-electron chi connectivity index (χ0n) is 31.1. The van der Waals surface area contributed by atoms with Gasteiger partial charge < -0.3 is 37.4 Å². The SMILES string of the molecule is CCOC(=O)CC/C=C\C[C@@H]1CO[C@H](COc2cc(C(=O)OCC)ccc2OCCn2ccnc2)O[C@@H]1c1ccccc1O[Si](C)(C)C(C)(C)C. The first-order valence-corrected chi connectivity index (χ1v) is 20.7. The molecule has 11 nitrogen and oxygen atoms in total. The summed E-state index contributed by atoms with van der Waals surface area (Å²) in [6.45, 7) is 16.7. The molecule has 1 fully saturated rings. The Morgan fingerprint density at radius 2 is 1.78 bits per heavy atom. The molecule has 0 aliphatic carbocycles. The number of aromatic nitrogens is 2. The van der Waals surface area contributed by atoms with E-state index in [9.17, 15) is 9.59 Å². The van der Waals surface area contributed by atoms with Crippen molar-refractivity contribution in [1.82, 2.24) is 9.55 Å². The summed E-state index contributed by atoms with van der Waals surface area (Å²) < 4.78 is 44.3. The summed E-state index contributed by atoms with van der Waals surface area (Å²) in [4.78, 5) is 28.5. The van der Waals surface area contributed by atoms with Gasteiger partial charge in [-0.3, -0.25) is 4.79 Å². The summed E-state index contributed by atoms with van der Waals surface area (Å²) in [5.74, 6) is 0.983. The maximum atomic E-state index is 12.6. The van der Waals surface area contributed by atoms with Crippen LogP contribution in [0.1, 0.15) is 75.9 Å². The second kappa shape index (κ2) is 18.9. The number of nitrogens with zero attached hydrogens (tertiary/aromatic N) is 2. The third-order valence-electron chi connectivity index (χ3n) is 9.04. The Morgan fingerprint density at radius 1 is 1.00 bits per heavy atom. The summed E-state index contributed by atoms with van der Waals surface area (Å²) in [6, 6.07) is 13.0. The lowest BCUT2D eigenvalue weighted by Crippen LogP contribution is -2.44. The van der Waals surface area contributed by atoms with Crippen LogP contribution in [0, 0.1) is 5.92 Å². The zero-order valence-corrected chi connectivity index (χ0v) is 32.1. The van der Waals surface area contributed by atoms with Gasteiger partial charge in [0.05, 0.1) is 44.4 Å². The van der Waals surface area contributed by atoms with E-state index in [1.807, 2.05) is 35.0 Å². The highest BCUT2D eigenvalue weighted by atomic mass is 28.4. The highest BCUT2D eigenvalue weighted by Crippen LogP contribution is 2.43. The van der Waals surface area contributed by atoms with Gasteiger partial charge in [0.25, 0.3) is 0 Å².